The fourth-order valence-corrected chi connectivity index (χ4v) is 14.4. The summed E-state index contributed by atoms with van der Waals surface area (Å²) in [6, 6.07) is 0. The minimum absolute atomic E-state index is 0.0848. The lowest BCUT2D eigenvalue weighted by molar-refractivity contribution is -0.161. The number of allylic oxidation sites excluding steroid dienone is 4. The summed E-state index contributed by atoms with van der Waals surface area (Å²) in [6.45, 7) is 9.61. The zero-order valence-corrected chi connectivity index (χ0v) is 70.3. The minimum atomic E-state index is -4.97. The van der Waals surface area contributed by atoms with Crippen LogP contribution in [0.5, 0.6) is 0 Å². The molecule has 3 N–H and O–H groups in total. The molecule has 0 bridgehead atoms. The summed E-state index contributed by atoms with van der Waals surface area (Å²) in [5.74, 6) is -0.570. The molecule has 17 nitrogen and oxygen atoms in total. The molecule has 0 spiro atoms. The third-order valence-corrected chi connectivity index (χ3v) is 21.8. The maximum atomic E-state index is 13.1. The zero-order chi connectivity index (χ0) is 77.1. The van der Waals surface area contributed by atoms with Crippen LogP contribution in [0.3, 0.4) is 0 Å². The maximum Gasteiger partial charge on any atom is 0.472 e. The van der Waals surface area contributed by atoms with Crippen LogP contribution in [0.15, 0.2) is 24.3 Å². The first-order valence-corrected chi connectivity index (χ1v) is 46.8. The molecule has 0 aliphatic carbocycles. The van der Waals surface area contributed by atoms with Gasteiger partial charge >= 0.3 is 39.5 Å². The Morgan fingerprint density at radius 1 is 0.314 bits per heavy atom. The number of phosphoric ester groups is 2. The van der Waals surface area contributed by atoms with Crippen LogP contribution >= 0.6 is 15.6 Å². The van der Waals surface area contributed by atoms with E-state index in [0.29, 0.717) is 25.7 Å². The number of hydrogen-bond acceptors (Lipinski definition) is 15. The Hall–Kier alpha value is -2.46. The van der Waals surface area contributed by atoms with Crippen molar-refractivity contribution in [1.82, 2.24) is 0 Å². The van der Waals surface area contributed by atoms with Crippen LogP contribution in [0.2, 0.25) is 0 Å². The Morgan fingerprint density at radius 2 is 0.562 bits per heavy atom. The van der Waals surface area contributed by atoms with Gasteiger partial charge in [-0.1, -0.05) is 380 Å². The molecule has 3 unspecified atom stereocenters. The number of ether oxygens (including phenoxy) is 4. The summed E-state index contributed by atoms with van der Waals surface area (Å²) in [6.07, 6.45) is 71.6. The van der Waals surface area contributed by atoms with E-state index in [9.17, 15) is 43.2 Å². The van der Waals surface area contributed by atoms with Crippen molar-refractivity contribution >= 4 is 39.5 Å². The van der Waals surface area contributed by atoms with Crippen LogP contribution in [0.1, 0.15) is 433 Å². The van der Waals surface area contributed by atoms with Gasteiger partial charge in [0.05, 0.1) is 26.4 Å². The predicted molar refractivity (Wildman–Crippen MR) is 432 cm³/mol. The molecule has 0 aromatic heterocycles. The molecule has 19 heteroatoms. The van der Waals surface area contributed by atoms with Gasteiger partial charge in [0, 0.05) is 25.7 Å². The number of rotatable bonds is 83. The van der Waals surface area contributed by atoms with Gasteiger partial charge in [0.25, 0.3) is 0 Å². The highest BCUT2D eigenvalue weighted by Crippen LogP contribution is 2.45. The molecule has 0 fully saturated rings. The number of hydrogen-bond donors (Lipinski definition) is 3. The minimum Gasteiger partial charge on any atom is -0.462 e. The van der Waals surface area contributed by atoms with Gasteiger partial charge in [-0.3, -0.25) is 37.3 Å². The van der Waals surface area contributed by atoms with Crippen molar-refractivity contribution in [3.8, 4) is 0 Å². The molecule has 0 aliphatic heterocycles. The average Bonchev–Trinajstić information content (AvgIpc) is 0.946. The number of esters is 4. The van der Waals surface area contributed by atoms with Gasteiger partial charge in [0.1, 0.15) is 19.3 Å². The summed E-state index contributed by atoms with van der Waals surface area (Å²) in [4.78, 5) is 73.2. The van der Waals surface area contributed by atoms with E-state index < -0.39 is 97.5 Å². The molecule has 0 saturated carbocycles. The SMILES string of the molecule is CCCCCC/C=C\C=C/CCCCCCCC(=O)O[C@H](COC(=O)CCCCCCCCCCC(C)CC)COP(=O)(O)OC[C@H](O)COP(=O)(O)OC[C@@H](COC(=O)CCCCCCCCCCCCCCCC(C)C)OC(=O)CCCCCCCCCCCCCCCCCCCCCCCC. The third kappa shape index (κ3) is 78.0. The highest BCUT2D eigenvalue weighted by Gasteiger charge is 2.30. The van der Waals surface area contributed by atoms with Crippen LogP contribution < -0.4 is 0 Å². The van der Waals surface area contributed by atoms with Crippen LogP contribution in [0.25, 0.3) is 0 Å². The smallest absolute Gasteiger partial charge is 0.462 e. The summed E-state index contributed by atoms with van der Waals surface area (Å²) in [5, 5.41) is 10.7. The second-order valence-corrected chi connectivity index (χ2v) is 33.9. The van der Waals surface area contributed by atoms with E-state index in [2.05, 4.69) is 65.8 Å². The lowest BCUT2D eigenvalue weighted by Gasteiger charge is -2.21. The molecule has 0 amide bonds. The summed E-state index contributed by atoms with van der Waals surface area (Å²) in [7, 11) is -9.94. The monoisotopic (exact) mass is 1530 g/mol. The van der Waals surface area contributed by atoms with E-state index in [1.165, 1.54) is 238 Å². The number of aliphatic hydroxyl groups is 1. The van der Waals surface area contributed by atoms with E-state index >= 15 is 0 Å². The van der Waals surface area contributed by atoms with Crippen molar-refractivity contribution in [3.63, 3.8) is 0 Å². The van der Waals surface area contributed by atoms with Gasteiger partial charge in [-0.25, -0.2) is 9.13 Å². The quantitative estimate of drug-likeness (QED) is 0.0169. The Labute approximate surface area is 643 Å². The Bertz CT molecular complexity index is 2110. The first kappa shape index (κ1) is 103. The van der Waals surface area contributed by atoms with Crippen molar-refractivity contribution in [2.75, 3.05) is 39.6 Å². The van der Waals surface area contributed by atoms with Gasteiger partial charge in [0.15, 0.2) is 12.2 Å². The number of carbonyl (C=O) groups is 4. The molecule has 105 heavy (non-hydrogen) atoms. The van der Waals surface area contributed by atoms with Crippen LogP contribution in [-0.4, -0.2) is 96.7 Å². The van der Waals surface area contributed by atoms with E-state index in [0.717, 1.165) is 115 Å². The van der Waals surface area contributed by atoms with Gasteiger partial charge in [-0.05, 0) is 63.2 Å². The molecular formula is C86H164O17P2. The normalized spacial score (nSPS) is 14.2. The van der Waals surface area contributed by atoms with Crippen molar-refractivity contribution < 1.29 is 80.2 Å². The molecule has 0 radical (unpaired) electrons. The third-order valence-electron chi connectivity index (χ3n) is 19.9. The van der Waals surface area contributed by atoms with Crippen LogP contribution in [-0.2, 0) is 65.4 Å². The number of aliphatic hydroxyl groups excluding tert-OH is 1. The summed E-state index contributed by atoms with van der Waals surface area (Å²) in [5.41, 5.74) is 0. The van der Waals surface area contributed by atoms with Gasteiger partial charge in [-0.15, -0.1) is 0 Å². The van der Waals surface area contributed by atoms with E-state index in [-0.39, 0.29) is 25.7 Å². The molecule has 6 atom stereocenters. The summed E-state index contributed by atoms with van der Waals surface area (Å²) >= 11 is 0. The maximum absolute atomic E-state index is 13.1. The molecule has 0 aromatic carbocycles. The molecular weight excluding hydrogens is 1370 g/mol. The second kappa shape index (κ2) is 76.9. The van der Waals surface area contributed by atoms with Crippen LogP contribution in [0.4, 0.5) is 0 Å². The molecule has 0 heterocycles. The molecule has 620 valence electrons. The van der Waals surface area contributed by atoms with Gasteiger partial charge < -0.3 is 33.8 Å². The fraction of sp³-hybridized carbons (Fsp3) is 0.907. The fourth-order valence-electron chi connectivity index (χ4n) is 12.8. The van der Waals surface area contributed by atoms with Crippen LogP contribution in [0, 0.1) is 11.8 Å². The number of unbranched alkanes of at least 4 members (excludes halogenated alkanes) is 49. The largest absolute Gasteiger partial charge is 0.472 e. The predicted octanol–water partition coefficient (Wildman–Crippen LogP) is 25.8. The molecule has 0 saturated heterocycles. The number of phosphoric acid groups is 2. The van der Waals surface area contributed by atoms with Gasteiger partial charge in [0.2, 0.25) is 0 Å². The Morgan fingerprint density at radius 3 is 0.857 bits per heavy atom. The molecule has 0 aromatic rings. The highest BCUT2D eigenvalue weighted by atomic mass is 31.2. The number of carbonyl (C=O) groups excluding carboxylic acids is 4. The van der Waals surface area contributed by atoms with E-state index in [4.69, 9.17) is 37.0 Å². The first-order chi connectivity index (χ1) is 50.9. The van der Waals surface area contributed by atoms with Crippen molar-refractivity contribution in [1.29, 1.82) is 0 Å². The Balaban J connectivity index is 5.27. The molecule has 0 rings (SSSR count). The topological polar surface area (TPSA) is 237 Å². The van der Waals surface area contributed by atoms with Crippen molar-refractivity contribution in [3.05, 3.63) is 24.3 Å². The summed E-state index contributed by atoms with van der Waals surface area (Å²) < 4.78 is 68.8. The lowest BCUT2D eigenvalue weighted by atomic mass is 9.99. The van der Waals surface area contributed by atoms with Gasteiger partial charge in [-0.2, -0.15) is 0 Å². The second-order valence-electron chi connectivity index (χ2n) is 31.0. The Kier molecular flexibility index (Phi) is 75.1. The standard InChI is InChI=1S/C86H164O17P2/c1-7-10-12-14-16-18-20-22-24-25-26-27-28-29-30-32-36-41-45-53-59-65-71-85(90)102-81(74-96-83(88)68-62-56-50-43-39-37-33-34-38-42-48-54-60-66-78(4)5)76-100-104(92,93)98-72-80(87)73-99-105(94,95)101-77-82(75-97-84(89)69-63-57-51-47-46-49-55-61-67-79(6)9-3)103-86(91)70-64-58-52-44-40-35-31-23-21-19-17-15-13-11-8-2/h19,21,23,31,78-82,87H,7-18,20,22,24-30,32-77H2,1-6H3,(H,92,93)(H,94,95)/b21-19-,31-23-/t79?,80-,81-,82-/m1/s1. The highest BCUT2D eigenvalue weighted by molar-refractivity contribution is 7.47. The van der Waals surface area contributed by atoms with E-state index in [1.54, 1.807) is 0 Å². The average molecular weight is 1530 g/mol. The molecule has 0 aliphatic rings. The first-order valence-electron chi connectivity index (χ1n) is 43.8. The van der Waals surface area contributed by atoms with E-state index in [1.807, 2.05) is 0 Å². The lowest BCUT2D eigenvalue weighted by Crippen LogP contribution is -2.30. The van der Waals surface area contributed by atoms with Crippen molar-refractivity contribution in [2.45, 2.75) is 452 Å². The zero-order valence-electron chi connectivity index (χ0n) is 68.5. The van der Waals surface area contributed by atoms with Crippen molar-refractivity contribution in [2.24, 2.45) is 11.8 Å².